The van der Waals surface area contributed by atoms with E-state index in [9.17, 15) is 4.79 Å². The number of carboxylic acids is 1. The van der Waals surface area contributed by atoms with Crippen molar-refractivity contribution < 1.29 is 9.90 Å². The number of rotatable bonds is 3. The van der Waals surface area contributed by atoms with Gasteiger partial charge in [0, 0.05) is 0 Å². The fourth-order valence-corrected chi connectivity index (χ4v) is 3.46. The highest BCUT2D eigenvalue weighted by molar-refractivity contribution is 8.00. The molecule has 1 heterocycles. The van der Waals surface area contributed by atoms with Gasteiger partial charge in [0.1, 0.15) is 6.04 Å². The van der Waals surface area contributed by atoms with E-state index in [0.29, 0.717) is 6.42 Å². The molecule has 0 spiro atoms. The third kappa shape index (κ3) is 3.23. The number of carbonyl (C=O) groups is 1. The molecule has 0 saturated carbocycles. The largest absolute Gasteiger partial charge is 0.480 e. The Hall–Kier alpha value is -1.00. The summed E-state index contributed by atoms with van der Waals surface area (Å²) in [6.45, 7) is 2.08. The summed E-state index contributed by atoms with van der Waals surface area (Å²) in [6.07, 6.45) is 1.55. The Morgan fingerprint density at radius 2 is 2.24 bits per heavy atom. The molecule has 17 heavy (non-hydrogen) atoms. The van der Waals surface area contributed by atoms with Crippen LogP contribution in [0.5, 0.6) is 0 Å². The van der Waals surface area contributed by atoms with Crippen LogP contribution in [0.1, 0.15) is 18.9 Å². The molecule has 0 aliphatic carbocycles. The number of carboxylic acid groups (broad SMARTS) is 1. The Balaban J connectivity index is 2.06. The van der Waals surface area contributed by atoms with E-state index in [1.54, 1.807) is 0 Å². The maximum absolute atomic E-state index is 11.0. The quantitative estimate of drug-likeness (QED) is 0.864. The number of aliphatic carboxylic acids is 1. The third-order valence-corrected chi connectivity index (χ3v) is 4.33. The summed E-state index contributed by atoms with van der Waals surface area (Å²) >= 11 is 1.81. The summed E-state index contributed by atoms with van der Waals surface area (Å²) < 4.78 is 0. The van der Waals surface area contributed by atoms with E-state index >= 15 is 0 Å². The number of nitrogens with one attached hydrogen (secondary N) is 1. The third-order valence-electron chi connectivity index (χ3n) is 2.99. The van der Waals surface area contributed by atoms with Crippen molar-refractivity contribution in [3.63, 3.8) is 0 Å². The highest BCUT2D eigenvalue weighted by atomic mass is 32.2. The van der Waals surface area contributed by atoms with Gasteiger partial charge in [-0.1, -0.05) is 30.3 Å². The Morgan fingerprint density at radius 3 is 2.88 bits per heavy atom. The SMILES string of the molecule is CC1(Cc2ccccc2)NC(C(=O)O)CCS1. The molecule has 1 aromatic rings. The minimum atomic E-state index is -0.746. The minimum absolute atomic E-state index is 0.178. The van der Waals surface area contributed by atoms with Gasteiger partial charge in [0.15, 0.2) is 0 Å². The summed E-state index contributed by atoms with van der Waals surface area (Å²) in [6, 6.07) is 9.77. The molecule has 0 amide bonds. The zero-order valence-electron chi connectivity index (χ0n) is 9.85. The molecule has 0 bridgehead atoms. The van der Waals surface area contributed by atoms with Crippen molar-refractivity contribution in [3.05, 3.63) is 35.9 Å². The second kappa shape index (κ2) is 5.10. The first kappa shape index (κ1) is 12.5. The van der Waals surface area contributed by atoms with Crippen LogP contribution in [0, 0.1) is 0 Å². The van der Waals surface area contributed by atoms with Crippen LogP contribution in [0.25, 0.3) is 0 Å². The van der Waals surface area contributed by atoms with Gasteiger partial charge in [0.05, 0.1) is 4.87 Å². The second-order valence-electron chi connectivity index (χ2n) is 4.57. The summed E-state index contributed by atoms with van der Waals surface area (Å²) in [5.41, 5.74) is 1.24. The van der Waals surface area contributed by atoms with Crippen LogP contribution < -0.4 is 5.32 Å². The first-order valence-electron chi connectivity index (χ1n) is 5.77. The monoisotopic (exact) mass is 251 g/mol. The molecule has 1 aliphatic rings. The van der Waals surface area contributed by atoms with E-state index in [1.807, 2.05) is 30.0 Å². The van der Waals surface area contributed by atoms with E-state index in [2.05, 4.69) is 24.4 Å². The maximum Gasteiger partial charge on any atom is 0.320 e. The van der Waals surface area contributed by atoms with Gasteiger partial charge in [-0.15, -0.1) is 11.8 Å². The molecule has 1 fully saturated rings. The van der Waals surface area contributed by atoms with Gasteiger partial charge in [-0.05, 0) is 31.1 Å². The number of hydrogen-bond donors (Lipinski definition) is 2. The van der Waals surface area contributed by atoms with Crippen molar-refractivity contribution >= 4 is 17.7 Å². The van der Waals surface area contributed by atoms with Gasteiger partial charge in [0.2, 0.25) is 0 Å². The van der Waals surface area contributed by atoms with Crippen LogP contribution in [-0.4, -0.2) is 27.7 Å². The fourth-order valence-electron chi connectivity index (χ4n) is 2.16. The van der Waals surface area contributed by atoms with Crippen molar-refractivity contribution in [1.82, 2.24) is 5.32 Å². The van der Waals surface area contributed by atoms with Crippen molar-refractivity contribution in [1.29, 1.82) is 0 Å². The molecule has 0 radical (unpaired) electrons. The Labute approximate surface area is 106 Å². The smallest absolute Gasteiger partial charge is 0.320 e. The van der Waals surface area contributed by atoms with Crippen LogP contribution in [-0.2, 0) is 11.2 Å². The second-order valence-corrected chi connectivity index (χ2v) is 6.16. The Bertz CT molecular complexity index is 396. The summed E-state index contributed by atoms with van der Waals surface area (Å²) in [5, 5.41) is 12.3. The lowest BCUT2D eigenvalue weighted by atomic mass is 10.0. The molecule has 3 nitrogen and oxygen atoms in total. The average Bonchev–Trinajstić information content (AvgIpc) is 2.29. The molecule has 4 heteroatoms. The van der Waals surface area contributed by atoms with Gasteiger partial charge in [-0.3, -0.25) is 10.1 Å². The predicted molar refractivity (Wildman–Crippen MR) is 70.2 cm³/mol. The zero-order chi connectivity index (χ0) is 12.3. The average molecular weight is 251 g/mol. The molecular formula is C13H17NO2S. The summed E-state index contributed by atoms with van der Waals surface area (Å²) in [7, 11) is 0. The first-order valence-corrected chi connectivity index (χ1v) is 6.76. The molecule has 2 rings (SSSR count). The lowest BCUT2D eigenvalue weighted by molar-refractivity contribution is -0.140. The molecule has 2 atom stereocenters. The number of hydrogen-bond acceptors (Lipinski definition) is 3. The lowest BCUT2D eigenvalue weighted by Crippen LogP contribution is -2.54. The van der Waals surface area contributed by atoms with Gasteiger partial charge >= 0.3 is 5.97 Å². The highest BCUT2D eigenvalue weighted by Gasteiger charge is 2.35. The lowest BCUT2D eigenvalue weighted by Gasteiger charge is -2.37. The van der Waals surface area contributed by atoms with Gasteiger partial charge in [-0.25, -0.2) is 0 Å². The number of thioether (sulfide) groups is 1. The van der Waals surface area contributed by atoms with Crippen LogP contribution >= 0.6 is 11.8 Å². The number of benzene rings is 1. The van der Waals surface area contributed by atoms with Crippen molar-refractivity contribution in [2.45, 2.75) is 30.7 Å². The molecule has 1 saturated heterocycles. The van der Waals surface area contributed by atoms with Crippen molar-refractivity contribution in [2.24, 2.45) is 0 Å². The van der Waals surface area contributed by atoms with Gasteiger partial charge in [-0.2, -0.15) is 0 Å². The van der Waals surface area contributed by atoms with Crippen molar-refractivity contribution in [3.8, 4) is 0 Å². The van der Waals surface area contributed by atoms with Crippen LogP contribution in [0.3, 0.4) is 0 Å². The molecule has 2 unspecified atom stereocenters. The first-order chi connectivity index (χ1) is 8.09. The zero-order valence-corrected chi connectivity index (χ0v) is 10.7. The molecular weight excluding hydrogens is 234 g/mol. The van der Waals surface area contributed by atoms with E-state index in [-0.39, 0.29) is 4.87 Å². The van der Waals surface area contributed by atoms with E-state index in [1.165, 1.54) is 5.56 Å². The molecule has 0 aromatic heterocycles. The maximum atomic E-state index is 11.0. The molecule has 2 N–H and O–H groups in total. The standard InChI is InChI=1S/C13H17NO2S/c1-13(9-10-5-3-2-4-6-10)14-11(12(15)16)7-8-17-13/h2-6,11,14H,7-9H2,1H3,(H,15,16). The van der Waals surface area contributed by atoms with Gasteiger partial charge in [0.25, 0.3) is 0 Å². The Kier molecular flexibility index (Phi) is 3.74. The van der Waals surface area contributed by atoms with E-state index in [4.69, 9.17) is 5.11 Å². The van der Waals surface area contributed by atoms with E-state index in [0.717, 1.165) is 12.2 Å². The van der Waals surface area contributed by atoms with Crippen LogP contribution in [0.15, 0.2) is 30.3 Å². The van der Waals surface area contributed by atoms with Gasteiger partial charge < -0.3 is 5.11 Å². The summed E-state index contributed by atoms with van der Waals surface area (Å²) in [5.74, 6) is 0.150. The Morgan fingerprint density at radius 1 is 1.53 bits per heavy atom. The minimum Gasteiger partial charge on any atom is -0.480 e. The molecule has 1 aromatic carbocycles. The fraction of sp³-hybridized carbons (Fsp3) is 0.462. The topological polar surface area (TPSA) is 49.3 Å². The molecule has 1 aliphatic heterocycles. The summed E-state index contributed by atoms with van der Waals surface area (Å²) in [4.78, 5) is 10.8. The normalized spacial score (nSPS) is 28.9. The highest BCUT2D eigenvalue weighted by Crippen LogP contribution is 2.32. The van der Waals surface area contributed by atoms with E-state index < -0.39 is 12.0 Å². The van der Waals surface area contributed by atoms with Crippen molar-refractivity contribution in [2.75, 3.05) is 5.75 Å². The predicted octanol–water partition coefficient (Wildman–Crippen LogP) is 2.12. The van der Waals surface area contributed by atoms with Crippen LogP contribution in [0.2, 0.25) is 0 Å². The molecule has 92 valence electrons. The van der Waals surface area contributed by atoms with Crippen LogP contribution in [0.4, 0.5) is 0 Å².